The molecule has 0 aliphatic rings. The number of halogens is 2. The van der Waals surface area contributed by atoms with Crippen molar-refractivity contribution in [2.75, 3.05) is 13.7 Å². The zero-order chi connectivity index (χ0) is 21.4. The van der Waals surface area contributed by atoms with Gasteiger partial charge >= 0.3 is 0 Å². The van der Waals surface area contributed by atoms with Gasteiger partial charge in [-0.2, -0.15) is 0 Å². The fourth-order valence-corrected chi connectivity index (χ4v) is 3.54. The Morgan fingerprint density at radius 1 is 1.10 bits per heavy atom. The second kappa shape index (κ2) is 11.1. The number of hydrogen-bond acceptors (Lipinski definition) is 3. The van der Waals surface area contributed by atoms with E-state index in [9.17, 15) is 9.59 Å². The van der Waals surface area contributed by atoms with Crippen molar-refractivity contribution in [2.45, 2.75) is 39.3 Å². The summed E-state index contributed by atoms with van der Waals surface area (Å²) in [6.45, 7) is 4.56. The Hall–Kier alpha value is -2.24. The summed E-state index contributed by atoms with van der Waals surface area (Å²) >= 11 is 12.2. The third-order valence-corrected chi connectivity index (χ3v) is 5.19. The van der Waals surface area contributed by atoms with E-state index in [0.717, 1.165) is 11.3 Å². The third-order valence-electron chi connectivity index (χ3n) is 4.61. The summed E-state index contributed by atoms with van der Waals surface area (Å²) in [5.74, 6) is 0.387. The molecule has 0 bridgehead atoms. The van der Waals surface area contributed by atoms with Gasteiger partial charge in [0.05, 0.1) is 13.5 Å². The number of rotatable bonds is 9. The molecule has 2 aromatic rings. The lowest BCUT2D eigenvalue weighted by atomic mass is 10.1. The highest BCUT2D eigenvalue weighted by atomic mass is 35.5. The maximum Gasteiger partial charge on any atom is 0.242 e. The van der Waals surface area contributed by atoms with Gasteiger partial charge in [-0.1, -0.05) is 48.3 Å². The second-order valence-electron chi connectivity index (χ2n) is 6.60. The minimum Gasteiger partial charge on any atom is -0.497 e. The van der Waals surface area contributed by atoms with Crippen molar-refractivity contribution in [1.82, 2.24) is 10.2 Å². The summed E-state index contributed by atoms with van der Waals surface area (Å²) in [6.07, 6.45) is 0.587. The van der Waals surface area contributed by atoms with E-state index in [-0.39, 0.29) is 18.2 Å². The second-order valence-corrected chi connectivity index (χ2v) is 7.44. The van der Waals surface area contributed by atoms with E-state index >= 15 is 0 Å². The molecule has 0 unspecified atom stereocenters. The number of carbonyl (C=O) groups is 2. The van der Waals surface area contributed by atoms with Gasteiger partial charge in [-0.05, 0) is 48.7 Å². The van der Waals surface area contributed by atoms with E-state index < -0.39 is 6.04 Å². The molecule has 1 N–H and O–H groups in total. The molecule has 0 fully saturated rings. The highest BCUT2D eigenvalue weighted by Gasteiger charge is 2.28. The molecule has 0 aromatic heterocycles. The number of ether oxygens (including phenoxy) is 1. The Bertz CT molecular complexity index is 840. The van der Waals surface area contributed by atoms with Crippen molar-refractivity contribution in [3.05, 3.63) is 63.6 Å². The number of methoxy groups -OCH3 is 1. The summed E-state index contributed by atoms with van der Waals surface area (Å²) in [7, 11) is 1.60. The Labute approximate surface area is 181 Å². The van der Waals surface area contributed by atoms with Crippen LogP contribution in [-0.2, 0) is 22.6 Å². The zero-order valence-electron chi connectivity index (χ0n) is 16.9. The van der Waals surface area contributed by atoms with Crippen molar-refractivity contribution in [3.63, 3.8) is 0 Å². The molecule has 2 aromatic carbocycles. The van der Waals surface area contributed by atoms with Crippen LogP contribution in [0.3, 0.4) is 0 Å². The van der Waals surface area contributed by atoms with Crippen LogP contribution in [0.4, 0.5) is 0 Å². The minimum absolute atomic E-state index is 0.0854. The average Bonchev–Trinajstić information content (AvgIpc) is 2.70. The molecule has 29 heavy (non-hydrogen) atoms. The number of nitrogens with zero attached hydrogens (tertiary/aromatic N) is 1. The number of benzene rings is 2. The van der Waals surface area contributed by atoms with Gasteiger partial charge < -0.3 is 15.0 Å². The van der Waals surface area contributed by atoms with Crippen molar-refractivity contribution in [3.8, 4) is 5.75 Å². The van der Waals surface area contributed by atoms with Crippen molar-refractivity contribution >= 4 is 35.0 Å². The molecule has 0 aliphatic carbocycles. The van der Waals surface area contributed by atoms with Gasteiger partial charge in [-0.15, -0.1) is 0 Å². The van der Waals surface area contributed by atoms with Gasteiger partial charge in [-0.25, -0.2) is 0 Å². The van der Waals surface area contributed by atoms with Crippen molar-refractivity contribution < 1.29 is 14.3 Å². The number of nitrogens with one attached hydrogen (secondary N) is 1. The molecule has 0 saturated heterocycles. The SMILES string of the molecule is CCNC(=O)[C@@H](CC)N(Cc1ccc(OC)cc1)C(=O)Cc1ccc(Cl)cc1Cl. The van der Waals surface area contributed by atoms with Gasteiger partial charge in [0.1, 0.15) is 11.8 Å². The van der Waals surface area contributed by atoms with Crippen LogP contribution in [0, 0.1) is 0 Å². The molecule has 0 radical (unpaired) electrons. The first-order valence-electron chi connectivity index (χ1n) is 9.53. The smallest absolute Gasteiger partial charge is 0.242 e. The highest BCUT2D eigenvalue weighted by molar-refractivity contribution is 6.35. The van der Waals surface area contributed by atoms with E-state index in [0.29, 0.717) is 35.1 Å². The zero-order valence-corrected chi connectivity index (χ0v) is 18.4. The molecule has 2 amide bonds. The standard InChI is InChI=1S/C22H26Cl2N2O3/c1-4-20(22(28)25-5-2)26(14-15-6-10-18(29-3)11-7-15)21(27)12-16-8-9-17(23)13-19(16)24/h6-11,13,20H,4-5,12,14H2,1-3H3,(H,25,28)/t20-/m1/s1. The molecular formula is C22H26Cl2N2O3. The van der Waals surface area contributed by atoms with Crippen LogP contribution in [0.15, 0.2) is 42.5 Å². The first-order valence-corrected chi connectivity index (χ1v) is 10.3. The Morgan fingerprint density at radius 3 is 2.34 bits per heavy atom. The predicted molar refractivity (Wildman–Crippen MR) is 116 cm³/mol. The highest BCUT2D eigenvalue weighted by Crippen LogP contribution is 2.23. The maximum atomic E-state index is 13.2. The summed E-state index contributed by atoms with van der Waals surface area (Å²) < 4.78 is 5.19. The van der Waals surface area contributed by atoms with Crippen LogP contribution in [0.1, 0.15) is 31.4 Å². The lowest BCUT2D eigenvalue weighted by molar-refractivity contribution is -0.140. The molecule has 0 saturated carbocycles. The molecule has 1 atom stereocenters. The first kappa shape index (κ1) is 23.0. The maximum absolute atomic E-state index is 13.2. The number of amides is 2. The molecule has 0 heterocycles. The van der Waals surface area contributed by atoms with Crippen LogP contribution >= 0.6 is 23.2 Å². The molecule has 2 rings (SSSR count). The molecule has 7 heteroatoms. The fourth-order valence-electron chi connectivity index (χ4n) is 3.07. The van der Waals surface area contributed by atoms with E-state index in [1.807, 2.05) is 38.1 Å². The monoisotopic (exact) mass is 436 g/mol. The van der Waals surface area contributed by atoms with Crippen molar-refractivity contribution in [2.24, 2.45) is 0 Å². The Kier molecular flexibility index (Phi) is 8.80. The van der Waals surface area contributed by atoms with Crippen LogP contribution in [0.25, 0.3) is 0 Å². The summed E-state index contributed by atoms with van der Waals surface area (Å²) in [6, 6.07) is 11.9. The van der Waals surface area contributed by atoms with Crippen LogP contribution in [0.5, 0.6) is 5.75 Å². The lowest BCUT2D eigenvalue weighted by Crippen LogP contribution is -2.49. The van der Waals surface area contributed by atoms with Crippen LogP contribution in [0.2, 0.25) is 10.0 Å². The van der Waals surface area contributed by atoms with E-state index in [1.54, 1.807) is 30.2 Å². The minimum atomic E-state index is -0.573. The van der Waals surface area contributed by atoms with Gasteiger partial charge in [0.15, 0.2) is 0 Å². The molecule has 0 aliphatic heterocycles. The van der Waals surface area contributed by atoms with Gasteiger partial charge in [-0.3, -0.25) is 9.59 Å². The molecular weight excluding hydrogens is 411 g/mol. The van der Waals surface area contributed by atoms with E-state index in [4.69, 9.17) is 27.9 Å². The predicted octanol–water partition coefficient (Wildman–Crippen LogP) is 4.49. The lowest BCUT2D eigenvalue weighted by Gasteiger charge is -2.31. The van der Waals surface area contributed by atoms with E-state index in [2.05, 4.69) is 5.32 Å². The number of carbonyl (C=O) groups excluding carboxylic acids is 2. The van der Waals surface area contributed by atoms with Crippen LogP contribution in [-0.4, -0.2) is 36.4 Å². The fraction of sp³-hybridized carbons (Fsp3) is 0.364. The summed E-state index contributed by atoms with van der Waals surface area (Å²) in [5.41, 5.74) is 1.58. The topological polar surface area (TPSA) is 58.6 Å². The normalized spacial score (nSPS) is 11.6. The molecule has 0 spiro atoms. The van der Waals surface area contributed by atoms with Gasteiger partial charge in [0, 0.05) is 23.1 Å². The van der Waals surface area contributed by atoms with Gasteiger partial charge in [0.2, 0.25) is 11.8 Å². The molecule has 5 nitrogen and oxygen atoms in total. The summed E-state index contributed by atoms with van der Waals surface area (Å²) in [4.78, 5) is 27.4. The van der Waals surface area contributed by atoms with E-state index in [1.165, 1.54) is 0 Å². The molecule has 156 valence electrons. The van der Waals surface area contributed by atoms with Gasteiger partial charge in [0.25, 0.3) is 0 Å². The largest absolute Gasteiger partial charge is 0.497 e. The quantitative estimate of drug-likeness (QED) is 0.629. The third kappa shape index (κ3) is 6.38. The van der Waals surface area contributed by atoms with Crippen LogP contribution < -0.4 is 10.1 Å². The summed E-state index contributed by atoms with van der Waals surface area (Å²) in [5, 5.41) is 3.76. The number of likely N-dealkylation sites (N-methyl/N-ethyl adjacent to an activating group) is 1. The first-order chi connectivity index (χ1) is 13.9. The number of hydrogen-bond donors (Lipinski definition) is 1. The Balaban J connectivity index is 2.30. The average molecular weight is 437 g/mol. The van der Waals surface area contributed by atoms with Crippen molar-refractivity contribution in [1.29, 1.82) is 0 Å². The Morgan fingerprint density at radius 2 is 1.79 bits per heavy atom.